The van der Waals surface area contributed by atoms with Gasteiger partial charge in [-0.1, -0.05) is 237 Å². The van der Waals surface area contributed by atoms with E-state index in [1.54, 1.807) is 0 Å². The topological polar surface area (TPSA) is 3.24 Å². The molecule has 12 aromatic rings. The first-order valence-corrected chi connectivity index (χ1v) is 23.1. The Kier molecular flexibility index (Phi) is 10.3. The molecule has 12 aromatic carbocycles. The molecule has 0 bridgehead atoms. The molecule has 0 aromatic heterocycles. The number of fused-ring (bicyclic) bond motifs is 3. The van der Waals surface area contributed by atoms with Crippen molar-refractivity contribution >= 4 is 49.4 Å². The van der Waals surface area contributed by atoms with Crippen molar-refractivity contribution in [1.82, 2.24) is 0 Å². The fourth-order valence-corrected chi connectivity index (χ4v) is 10.3. The quantitative estimate of drug-likeness (QED) is 0.140. The van der Waals surface area contributed by atoms with E-state index in [0.29, 0.717) is 0 Å². The smallest absolute Gasteiger partial charge is 0.0540 e. The number of hydrogen-bond donors (Lipinski definition) is 0. The van der Waals surface area contributed by atoms with Crippen LogP contribution in [0.4, 0.5) is 17.1 Å². The molecule has 0 aliphatic heterocycles. The fourth-order valence-electron chi connectivity index (χ4n) is 10.3. The van der Waals surface area contributed by atoms with E-state index in [1.165, 1.54) is 99.1 Å². The molecule has 0 N–H and O–H groups in total. The highest BCUT2D eigenvalue weighted by molar-refractivity contribution is 6.19. The molecule has 0 aliphatic rings. The third kappa shape index (κ3) is 7.24. The molecule has 314 valence electrons. The highest BCUT2D eigenvalue weighted by Crippen LogP contribution is 2.52. The minimum atomic E-state index is 1.10. The molecule has 0 amide bonds. The zero-order chi connectivity index (χ0) is 44.5. The summed E-state index contributed by atoms with van der Waals surface area (Å²) in [6.07, 6.45) is 0. The van der Waals surface area contributed by atoms with Crippen LogP contribution in [0.25, 0.3) is 99.1 Å². The van der Waals surface area contributed by atoms with Crippen LogP contribution >= 0.6 is 0 Å². The van der Waals surface area contributed by atoms with Crippen LogP contribution in [-0.2, 0) is 0 Å². The van der Waals surface area contributed by atoms with Gasteiger partial charge in [-0.25, -0.2) is 0 Å². The Bertz CT molecular complexity index is 3690. The van der Waals surface area contributed by atoms with Crippen molar-refractivity contribution in [3.63, 3.8) is 0 Å². The number of anilines is 3. The second-order valence-corrected chi connectivity index (χ2v) is 17.1. The first-order valence-electron chi connectivity index (χ1n) is 23.1. The van der Waals surface area contributed by atoms with Crippen molar-refractivity contribution in [3.05, 3.63) is 273 Å². The molecule has 12 rings (SSSR count). The van der Waals surface area contributed by atoms with Crippen LogP contribution in [0.15, 0.2) is 273 Å². The molecule has 0 radical (unpaired) electrons. The normalized spacial score (nSPS) is 11.3. The minimum Gasteiger partial charge on any atom is -0.310 e. The Labute approximate surface area is 392 Å². The lowest BCUT2D eigenvalue weighted by atomic mass is 9.78. The van der Waals surface area contributed by atoms with Gasteiger partial charge in [0.1, 0.15) is 0 Å². The van der Waals surface area contributed by atoms with Crippen molar-refractivity contribution in [1.29, 1.82) is 0 Å². The van der Waals surface area contributed by atoms with E-state index in [0.717, 1.165) is 17.1 Å². The maximum atomic E-state index is 2.45. The number of para-hydroxylation sites is 1. The van der Waals surface area contributed by atoms with Crippen LogP contribution in [0.5, 0.6) is 0 Å². The predicted molar refractivity (Wildman–Crippen MR) is 286 cm³/mol. The Morgan fingerprint density at radius 2 is 0.642 bits per heavy atom. The second kappa shape index (κ2) is 17.3. The third-order valence-corrected chi connectivity index (χ3v) is 13.3. The third-order valence-electron chi connectivity index (χ3n) is 13.3. The van der Waals surface area contributed by atoms with Crippen molar-refractivity contribution in [2.75, 3.05) is 4.90 Å². The van der Waals surface area contributed by atoms with Gasteiger partial charge in [-0.05, 0) is 130 Å². The van der Waals surface area contributed by atoms with E-state index in [-0.39, 0.29) is 0 Å². The van der Waals surface area contributed by atoms with Crippen molar-refractivity contribution < 1.29 is 0 Å². The summed E-state index contributed by atoms with van der Waals surface area (Å²) in [6.45, 7) is 0. The van der Waals surface area contributed by atoms with Crippen LogP contribution in [0.3, 0.4) is 0 Å². The van der Waals surface area contributed by atoms with Crippen LogP contribution in [0.1, 0.15) is 0 Å². The standard InChI is InChI=1S/C66H45N/c1-6-22-48(23-7-1)63-60-42-39-52(45-61(60)64(49-24-8-2-9-25-49)66(51-28-12-4-13-29-51)65(63)50-26-10-3-11-27-50)57-43-44-62(59-35-19-18-34-58(57)59)67(53-31-14-5-15-32-53)54-40-37-47(38-41-54)56-36-20-30-46-21-16-17-33-55(46)56/h1-45H. The van der Waals surface area contributed by atoms with E-state index < -0.39 is 0 Å². The molecule has 0 spiro atoms. The van der Waals surface area contributed by atoms with Gasteiger partial charge in [-0.2, -0.15) is 0 Å². The summed E-state index contributed by atoms with van der Waals surface area (Å²) in [6, 6.07) is 99.5. The molecule has 67 heavy (non-hydrogen) atoms. The number of benzene rings is 12. The average Bonchev–Trinajstić information content (AvgIpc) is 3.41. The molecule has 0 atom stereocenters. The van der Waals surface area contributed by atoms with Gasteiger partial charge in [0.15, 0.2) is 0 Å². The van der Waals surface area contributed by atoms with Crippen molar-refractivity contribution in [2.45, 2.75) is 0 Å². The van der Waals surface area contributed by atoms with E-state index in [2.05, 4.69) is 278 Å². The Balaban J connectivity index is 1.08. The van der Waals surface area contributed by atoms with E-state index >= 15 is 0 Å². The zero-order valence-electron chi connectivity index (χ0n) is 36.9. The maximum absolute atomic E-state index is 2.45. The lowest BCUT2D eigenvalue weighted by molar-refractivity contribution is 1.30. The largest absolute Gasteiger partial charge is 0.310 e. The lowest BCUT2D eigenvalue weighted by Gasteiger charge is -2.28. The van der Waals surface area contributed by atoms with E-state index in [9.17, 15) is 0 Å². The van der Waals surface area contributed by atoms with Gasteiger partial charge in [0, 0.05) is 16.8 Å². The molecule has 1 heteroatoms. The molecule has 0 heterocycles. The van der Waals surface area contributed by atoms with Gasteiger partial charge in [0.2, 0.25) is 0 Å². The van der Waals surface area contributed by atoms with Crippen LogP contribution in [0, 0.1) is 0 Å². The maximum Gasteiger partial charge on any atom is 0.0540 e. The Morgan fingerprint density at radius 3 is 1.24 bits per heavy atom. The number of hydrogen-bond acceptors (Lipinski definition) is 1. The second-order valence-electron chi connectivity index (χ2n) is 17.1. The summed E-state index contributed by atoms with van der Waals surface area (Å²) in [5.74, 6) is 0. The predicted octanol–water partition coefficient (Wildman–Crippen LogP) is 18.6. The molecular formula is C66H45N. The summed E-state index contributed by atoms with van der Waals surface area (Å²) in [7, 11) is 0. The molecule has 0 aliphatic carbocycles. The molecule has 0 saturated carbocycles. The monoisotopic (exact) mass is 851 g/mol. The number of rotatable bonds is 9. The van der Waals surface area contributed by atoms with Gasteiger partial charge < -0.3 is 4.90 Å². The molecular weight excluding hydrogens is 807 g/mol. The molecule has 1 nitrogen and oxygen atoms in total. The van der Waals surface area contributed by atoms with Crippen molar-refractivity contribution in [3.8, 4) is 66.8 Å². The SMILES string of the molecule is c1ccc(-c2c(-c3ccccc3)c(-c3ccccc3)c3cc(-c4ccc(N(c5ccccc5)c5ccc(-c6cccc7ccccc67)cc5)c5ccccc45)ccc3c2-c2ccccc2)cc1. The van der Waals surface area contributed by atoms with E-state index in [1.807, 2.05) is 0 Å². The van der Waals surface area contributed by atoms with Crippen LogP contribution < -0.4 is 4.90 Å². The molecule has 0 unspecified atom stereocenters. The lowest BCUT2D eigenvalue weighted by Crippen LogP contribution is -2.10. The minimum absolute atomic E-state index is 1.10. The Hall–Kier alpha value is -8.78. The highest BCUT2D eigenvalue weighted by Gasteiger charge is 2.25. The van der Waals surface area contributed by atoms with Gasteiger partial charge in [0.05, 0.1) is 5.69 Å². The highest BCUT2D eigenvalue weighted by atomic mass is 15.1. The van der Waals surface area contributed by atoms with Gasteiger partial charge in [0.25, 0.3) is 0 Å². The van der Waals surface area contributed by atoms with Crippen LogP contribution in [-0.4, -0.2) is 0 Å². The molecule has 0 saturated heterocycles. The molecule has 0 fully saturated rings. The summed E-state index contributed by atoms with van der Waals surface area (Å²) in [5.41, 5.74) is 17.8. The van der Waals surface area contributed by atoms with Crippen LogP contribution in [0.2, 0.25) is 0 Å². The van der Waals surface area contributed by atoms with Gasteiger partial charge >= 0.3 is 0 Å². The van der Waals surface area contributed by atoms with E-state index in [4.69, 9.17) is 0 Å². The average molecular weight is 852 g/mol. The summed E-state index contributed by atoms with van der Waals surface area (Å²) >= 11 is 0. The summed E-state index contributed by atoms with van der Waals surface area (Å²) in [5, 5.41) is 7.31. The summed E-state index contributed by atoms with van der Waals surface area (Å²) in [4.78, 5) is 2.40. The van der Waals surface area contributed by atoms with Crippen molar-refractivity contribution in [2.24, 2.45) is 0 Å². The summed E-state index contributed by atoms with van der Waals surface area (Å²) < 4.78 is 0. The van der Waals surface area contributed by atoms with Gasteiger partial charge in [-0.15, -0.1) is 0 Å². The fraction of sp³-hybridized carbons (Fsp3) is 0. The number of nitrogens with zero attached hydrogens (tertiary/aromatic N) is 1. The first kappa shape index (κ1) is 39.8. The first-order chi connectivity index (χ1) is 33.3. The zero-order valence-corrected chi connectivity index (χ0v) is 36.9. The Morgan fingerprint density at radius 1 is 0.209 bits per heavy atom. The van der Waals surface area contributed by atoms with Gasteiger partial charge in [-0.3, -0.25) is 0 Å².